The first kappa shape index (κ1) is 14.6. The van der Waals surface area contributed by atoms with Crippen molar-refractivity contribution >= 4 is 12.0 Å². The van der Waals surface area contributed by atoms with E-state index < -0.39 is 0 Å². The smallest absolute Gasteiger partial charge is 0.191 e. The van der Waals surface area contributed by atoms with E-state index in [1.165, 1.54) is 5.56 Å². The van der Waals surface area contributed by atoms with Crippen LogP contribution < -0.4 is 5.73 Å². The Kier molecular flexibility index (Phi) is 5.62. The van der Waals surface area contributed by atoms with Gasteiger partial charge in [0.1, 0.15) is 0 Å². The van der Waals surface area contributed by atoms with Crippen molar-refractivity contribution < 1.29 is 0 Å². The molecule has 1 heterocycles. The van der Waals surface area contributed by atoms with Gasteiger partial charge in [-0.25, -0.2) is 0 Å². The Bertz CT molecular complexity index is 445. The van der Waals surface area contributed by atoms with Crippen LogP contribution in [-0.4, -0.2) is 55.0 Å². The maximum atomic E-state index is 5.92. The van der Waals surface area contributed by atoms with E-state index in [-0.39, 0.29) is 0 Å². The van der Waals surface area contributed by atoms with Crippen LogP contribution in [0.25, 0.3) is 6.08 Å². The van der Waals surface area contributed by atoms with Crippen LogP contribution in [0.2, 0.25) is 0 Å². The Labute approximate surface area is 121 Å². The topological polar surface area (TPSA) is 44.9 Å². The molecule has 108 valence electrons. The predicted octanol–water partition coefficient (Wildman–Crippen LogP) is 1.65. The van der Waals surface area contributed by atoms with Crippen LogP contribution in [0.5, 0.6) is 0 Å². The minimum atomic E-state index is 0.687. The second-order valence-electron chi connectivity index (χ2n) is 4.93. The van der Waals surface area contributed by atoms with Crippen molar-refractivity contribution in [1.29, 1.82) is 0 Å². The summed E-state index contributed by atoms with van der Waals surface area (Å²) >= 11 is 0. The molecule has 1 aromatic rings. The molecule has 2 N–H and O–H groups in total. The van der Waals surface area contributed by atoms with Gasteiger partial charge in [0.05, 0.1) is 0 Å². The maximum Gasteiger partial charge on any atom is 0.191 e. The van der Waals surface area contributed by atoms with Gasteiger partial charge in [0.25, 0.3) is 0 Å². The number of aliphatic imine (C=N–C) groups is 1. The van der Waals surface area contributed by atoms with Gasteiger partial charge >= 0.3 is 0 Å². The van der Waals surface area contributed by atoms with Gasteiger partial charge in [0.2, 0.25) is 0 Å². The molecule has 1 aromatic carbocycles. The molecule has 0 bridgehead atoms. The van der Waals surface area contributed by atoms with Crippen LogP contribution in [0.15, 0.2) is 41.4 Å². The summed E-state index contributed by atoms with van der Waals surface area (Å²) in [5, 5.41) is 0. The number of hydrogen-bond donors (Lipinski definition) is 1. The first-order valence-electron chi connectivity index (χ1n) is 7.28. The van der Waals surface area contributed by atoms with Crippen LogP contribution in [0, 0.1) is 0 Å². The quantitative estimate of drug-likeness (QED) is 0.669. The van der Waals surface area contributed by atoms with Gasteiger partial charge in [-0.15, -0.1) is 0 Å². The van der Waals surface area contributed by atoms with Crippen LogP contribution in [0.1, 0.15) is 12.5 Å². The van der Waals surface area contributed by atoms with E-state index in [9.17, 15) is 0 Å². The lowest BCUT2D eigenvalue weighted by molar-refractivity contribution is 0.196. The zero-order chi connectivity index (χ0) is 14.2. The number of piperazine rings is 1. The molecule has 0 atom stereocenters. The molecule has 4 heteroatoms. The first-order valence-corrected chi connectivity index (χ1v) is 7.28. The molecule has 0 aliphatic carbocycles. The van der Waals surface area contributed by atoms with Crippen molar-refractivity contribution in [2.24, 2.45) is 10.7 Å². The number of hydrogen-bond acceptors (Lipinski definition) is 2. The van der Waals surface area contributed by atoms with E-state index in [2.05, 4.69) is 51.2 Å². The van der Waals surface area contributed by atoms with Gasteiger partial charge in [-0.1, -0.05) is 42.5 Å². The lowest BCUT2D eigenvalue weighted by atomic mass is 10.2. The molecule has 1 saturated heterocycles. The van der Waals surface area contributed by atoms with Crippen molar-refractivity contribution in [1.82, 2.24) is 9.80 Å². The second kappa shape index (κ2) is 7.70. The number of benzene rings is 1. The van der Waals surface area contributed by atoms with Crippen molar-refractivity contribution in [3.8, 4) is 0 Å². The lowest BCUT2D eigenvalue weighted by Gasteiger charge is -2.34. The number of guanidine groups is 1. The molecule has 0 aromatic heterocycles. The van der Waals surface area contributed by atoms with Crippen LogP contribution in [0.3, 0.4) is 0 Å². The van der Waals surface area contributed by atoms with E-state index in [1.807, 2.05) is 13.0 Å². The molecule has 1 fully saturated rings. The molecule has 20 heavy (non-hydrogen) atoms. The molecule has 1 aliphatic rings. The summed E-state index contributed by atoms with van der Waals surface area (Å²) in [4.78, 5) is 8.87. The number of nitrogens with zero attached hydrogens (tertiary/aromatic N) is 3. The summed E-state index contributed by atoms with van der Waals surface area (Å²) in [6.07, 6.45) is 4.41. The SMILES string of the molecule is CCN=C(N)N1CCN(CC=Cc2ccccc2)CC1. The highest BCUT2D eigenvalue weighted by molar-refractivity contribution is 5.78. The highest BCUT2D eigenvalue weighted by Gasteiger charge is 2.16. The third kappa shape index (κ3) is 4.38. The molecule has 0 spiro atoms. The molecule has 1 aliphatic heterocycles. The summed E-state index contributed by atoms with van der Waals surface area (Å²) in [6, 6.07) is 10.4. The van der Waals surface area contributed by atoms with E-state index in [0.29, 0.717) is 5.96 Å². The fourth-order valence-corrected chi connectivity index (χ4v) is 2.32. The fourth-order valence-electron chi connectivity index (χ4n) is 2.32. The van der Waals surface area contributed by atoms with Gasteiger partial charge in [-0.3, -0.25) is 9.89 Å². The molecule has 0 amide bonds. The van der Waals surface area contributed by atoms with Crippen LogP contribution >= 0.6 is 0 Å². The summed E-state index contributed by atoms with van der Waals surface area (Å²) in [6.45, 7) is 7.78. The van der Waals surface area contributed by atoms with Gasteiger partial charge < -0.3 is 10.6 Å². The fraction of sp³-hybridized carbons (Fsp3) is 0.438. The Hall–Kier alpha value is -1.81. The zero-order valence-electron chi connectivity index (χ0n) is 12.2. The van der Waals surface area contributed by atoms with Gasteiger partial charge in [0.15, 0.2) is 5.96 Å². The normalized spacial score (nSPS) is 17.9. The molecule has 4 nitrogen and oxygen atoms in total. The van der Waals surface area contributed by atoms with E-state index in [4.69, 9.17) is 5.73 Å². The number of rotatable bonds is 4. The van der Waals surface area contributed by atoms with E-state index in [0.717, 1.165) is 39.3 Å². The van der Waals surface area contributed by atoms with Crippen molar-refractivity contribution in [3.63, 3.8) is 0 Å². The largest absolute Gasteiger partial charge is 0.370 e. The summed E-state index contributed by atoms with van der Waals surface area (Å²) in [5.41, 5.74) is 7.18. The van der Waals surface area contributed by atoms with Crippen LogP contribution in [-0.2, 0) is 0 Å². The second-order valence-corrected chi connectivity index (χ2v) is 4.93. The Morgan fingerprint density at radius 2 is 1.90 bits per heavy atom. The molecule has 0 unspecified atom stereocenters. The van der Waals surface area contributed by atoms with Crippen LogP contribution in [0.4, 0.5) is 0 Å². The minimum Gasteiger partial charge on any atom is -0.370 e. The molecule has 0 saturated carbocycles. The molecule has 2 rings (SSSR count). The molecular weight excluding hydrogens is 248 g/mol. The third-order valence-corrected chi connectivity index (χ3v) is 3.49. The Morgan fingerprint density at radius 3 is 2.55 bits per heavy atom. The monoisotopic (exact) mass is 272 g/mol. The predicted molar refractivity (Wildman–Crippen MR) is 85.7 cm³/mol. The van der Waals surface area contributed by atoms with Crippen molar-refractivity contribution in [3.05, 3.63) is 42.0 Å². The number of nitrogens with two attached hydrogens (primary N) is 1. The Morgan fingerprint density at radius 1 is 1.20 bits per heavy atom. The van der Waals surface area contributed by atoms with Gasteiger partial charge in [-0.2, -0.15) is 0 Å². The van der Waals surface area contributed by atoms with E-state index in [1.54, 1.807) is 0 Å². The lowest BCUT2D eigenvalue weighted by Crippen LogP contribution is -2.51. The van der Waals surface area contributed by atoms with Crippen molar-refractivity contribution in [2.75, 3.05) is 39.3 Å². The summed E-state index contributed by atoms with van der Waals surface area (Å²) in [7, 11) is 0. The minimum absolute atomic E-state index is 0.687. The molecular formula is C16H24N4. The Balaban J connectivity index is 1.75. The van der Waals surface area contributed by atoms with Crippen molar-refractivity contribution in [2.45, 2.75) is 6.92 Å². The zero-order valence-corrected chi connectivity index (χ0v) is 12.2. The standard InChI is InChI=1S/C16H24N4/c1-2-18-16(17)20-13-11-19(12-14-20)10-6-9-15-7-4-3-5-8-15/h3-9H,2,10-14H2,1H3,(H2,17,18). The summed E-state index contributed by atoms with van der Waals surface area (Å²) in [5.74, 6) is 0.687. The van der Waals surface area contributed by atoms with E-state index >= 15 is 0 Å². The highest BCUT2D eigenvalue weighted by Crippen LogP contribution is 2.04. The first-order chi connectivity index (χ1) is 9.79. The summed E-state index contributed by atoms with van der Waals surface area (Å²) < 4.78 is 0. The average molecular weight is 272 g/mol. The maximum absolute atomic E-state index is 5.92. The third-order valence-electron chi connectivity index (χ3n) is 3.49. The molecule has 0 radical (unpaired) electrons. The van der Waals surface area contributed by atoms with Gasteiger partial charge in [-0.05, 0) is 12.5 Å². The highest BCUT2D eigenvalue weighted by atomic mass is 15.3. The average Bonchev–Trinajstić information content (AvgIpc) is 2.49. The van der Waals surface area contributed by atoms with Gasteiger partial charge in [0, 0.05) is 39.3 Å².